The van der Waals surface area contributed by atoms with Crippen LogP contribution in [0.1, 0.15) is 29.6 Å². The Morgan fingerprint density at radius 1 is 1.22 bits per heavy atom. The highest BCUT2D eigenvalue weighted by Gasteiger charge is 2.22. The SMILES string of the molecule is CS(=O)(=O)c1cc(C(=O)N=C(N)NCS(=O)(=O)O)ccc1N1CCCCC1. The van der Waals surface area contributed by atoms with Gasteiger partial charge in [-0.15, -0.1) is 0 Å². The Morgan fingerprint density at radius 3 is 2.41 bits per heavy atom. The van der Waals surface area contributed by atoms with Crippen LogP contribution in [-0.4, -0.2) is 58.5 Å². The summed E-state index contributed by atoms with van der Waals surface area (Å²) in [5.74, 6) is -2.26. The maximum atomic E-state index is 12.2. The van der Waals surface area contributed by atoms with Gasteiger partial charge >= 0.3 is 0 Å². The fourth-order valence-corrected chi connectivity index (χ4v) is 3.97. The number of hydrogen-bond donors (Lipinski definition) is 3. The molecule has 0 atom stereocenters. The molecule has 1 aromatic carbocycles. The van der Waals surface area contributed by atoms with Crippen LogP contribution in [0, 0.1) is 0 Å². The minimum atomic E-state index is -4.33. The van der Waals surface area contributed by atoms with Gasteiger partial charge in [-0.3, -0.25) is 9.35 Å². The van der Waals surface area contributed by atoms with Gasteiger partial charge in [-0.05, 0) is 37.5 Å². The normalized spacial score (nSPS) is 16.2. The lowest BCUT2D eigenvalue weighted by Crippen LogP contribution is -2.36. The summed E-state index contributed by atoms with van der Waals surface area (Å²) in [7, 11) is -7.93. The summed E-state index contributed by atoms with van der Waals surface area (Å²) in [6, 6.07) is 4.24. The van der Waals surface area contributed by atoms with Gasteiger partial charge in [0.2, 0.25) is 0 Å². The third kappa shape index (κ3) is 6.19. The first-order valence-electron chi connectivity index (χ1n) is 8.14. The molecule has 1 saturated heterocycles. The number of piperidine rings is 1. The summed E-state index contributed by atoms with van der Waals surface area (Å²) < 4.78 is 54.4. The van der Waals surface area contributed by atoms with Crippen LogP contribution in [0.5, 0.6) is 0 Å². The zero-order valence-corrected chi connectivity index (χ0v) is 16.4. The van der Waals surface area contributed by atoms with Crippen LogP contribution in [0.4, 0.5) is 5.69 Å². The van der Waals surface area contributed by atoms with Crippen LogP contribution in [0.2, 0.25) is 0 Å². The first kappa shape index (κ1) is 21.1. The van der Waals surface area contributed by atoms with E-state index in [2.05, 4.69) is 10.3 Å². The molecule has 1 amide bonds. The molecular formula is C15H22N4O6S2. The van der Waals surface area contributed by atoms with Gasteiger partial charge in [0.05, 0.1) is 10.6 Å². The van der Waals surface area contributed by atoms with Gasteiger partial charge < -0.3 is 16.0 Å². The van der Waals surface area contributed by atoms with Crippen LogP contribution >= 0.6 is 0 Å². The second-order valence-corrected chi connectivity index (χ2v) is 9.64. The first-order chi connectivity index (χ1) is 12.5. The molecule has 2 rings (SSSR count). The van der Waals surface area contributed by atoms with Gasteiger partial charge in [-0.25, -0.2) is 8.42 Å². The van der Waals surface area contributed by atoms with Gasteiger partial charge in [0, 0.05) is 24.9 Å². The number of nitrogens with two attached hydrogens (primary N) is 1. The van der Waals surface area contributed by atoms with E-state index in [1.165, 1.54) is 12.1 Å². The lowest BCUT2D eigenvalue weighted by Gasteiger charge is -2.30. The van der Waals surface area contributed by atoms with Gasteiger partial charge in [0.1, 0.15) is 5.88 Å². The molecule has 1 aliphatic rings. The maximum absolute atomic E-state index is 12.2. The number of aliphatic imine (C=N–C) groups is 1. The Balaban J connectivity index is 2.31. The first-order valence-corrected chi connectivity index (χ1v) is 11.6. The van der Waals surface area contributed by atoms with E-state index in [0.717, 1.165) is 38.6 Å². The minimum Gasteiger partial charge on any atom is -0.370 e. The maximum Gasteiger partial charge on any atom is 0.283 e. The molecule has 10 nitrogen and oxygen atoms in total. The van der Waals surface area contributed by atoms with Crippen LogP contribution < -0.4 is 16.0 Å². The van der Waals surface area contributed by atoms with E-state index >= 15 is 0 Å². The molecule has 1 aliphatic heterocycles. The quantitative estimate of drug-likeness (QED) is 0.339. The molecule has 0 spiro atoms. The topological polar surface area (TPSA) is 159 Å². The predicted molar refractivity (Wildman–Crippen MR) is 101 cm³/mol. The highest BCUT2D eigenvalue weighted by Crippen LogP contribution is 2.29. The fraction of sp³-hybridized carbons (Fsp3) is 0.467. The Kier molecular flexibility index (Phi) is 6.44. The monoisotopic (exact) mass is 418 g/mol. The van der Waals surface area contributed by atoms with Crippen molar-refractivity contribution in [3.63, 3.8) is 0 Å². The summed E-state index contributed by atoms with van der Waals surface area (Å²) in [6.07, 6.45) is 4.08. The number of sulfone groups is 1. The van der Waals surface area contributed by atoms with Crippen LogP contribution in [0.25, 0.3) is 0 Å². The standard InChI is InChI=1S/C15H22N4O6S2/c1-26(21,22)13-9-11(5-6-12(13)19-7-3-2-4-8-19)14(20)18-15(16)17-10-27(23,24)25/h5-6,9H,2-4,7-8,10H2,1H3,(H,23,24,25)(H3,16,17,18,20). The lowest BCUT2D eigenvalue weighted by molar-refractivity contribution is 0.100. The zero-order chi connectivity index (χ0) is 20.2. The highest BCUT2D eigenvalue weighted by molar-refractivity contribution is 7.90. The van der Waals surface area contributed by atoms with Crippen molar-refractivity contribution in [1.82, 2.24) is 5.32 Å². The number of amides is 1. The van der Waals surface area contributed by atoms with Crippen molar-refractivity contribution in [2.75, 3.05) is 30.1 Å². The average molecular weight is 418 g/mol. The van der Waals surface area contributed by atoms with Crippen LogP contribution in [0.15, 0.2) is 28.1 Å². The van der Waals surface area contributed by atoms with E-state index in [-0.39, 0.29) is 10.5 Å². The molecule has 0 aromatic heterocycles. The Labute approximate surface area is 158 Å². The van der Waals surface area contributed by atoms with E-state index in [1.807, 2.05) is 4.90 Å². The molecule has 0 saturated carbocycles. The van der Waals surface area contributed by atoms with Crippen molar-refractivity contribution < 1.29 is 26.2 Å². The number of anilines is 1. The molecule has 27 heavy (non-hydrogen) atoms. The van der Waals surface area contributed by atoms with E-state index in [1.54, 1.807) is 6.07 Å². The van der Waals surface area contributed by atoms with Crippen molar-refractivity contribution in [2.45, 2.75) is 24.2 Å². The number of hydrogen-bond acceptors (Lipinski definition) is 6. The Bertz CT molecular complexity index is 951. The molecule has 1 heterocycles. The molecular weight excluding hydrogens is 396 g/mol. The summed E-state index contributed by atoms with van der Waals surface area (Å²) in [5.41, 5.74) is 5.94. The van der Waals surface area contributed by atoms with Gasteiger partial charge in [-0.1, -0.05) is 0 Å². The van der Waals surface area contributed by atoms with Crippen LogP contribution in [-0.2, 0) is 20.0 Å². The second kappa shape index (κ2) is 8.23. The van der Waals surface area contributed by atoms with Gasteiger partial charge in [0.15, 0.2) is 15.8 Å². The van der Waals surface area contributed by atoms with Crippen molar-refractivity contribution in [1.29, 1.82) is 0 Å². The molecule has 0 radical (unpaired) electrons. The second-order valence-electron chi connectivity index (χ2n) is 6.21. The molecule has 150 valence electrons. The number of carbonyl (C=O) groups excluding carboxylic acids is 1. The Morgan fingerprint density at radius 2 is 1.85 bits per heavy atom. The molecule has 4 N–H and O–H groups in total. The number of benzene rings is 1. The molecule has 12 heteroatoms. The third-order valence-electron chi connectivity index (χ3n) is 3.96. The van der Waals surface area contributed by atoms with Crippen molar-refractivity contribution in [3.05, 3.63) is 23.8 Å². The predicted octanol–water partition coefficient (Wildman–Crippen LogP) is -0.0298. The highest BCUT2D eigenvalue weighted by atomic mass is 32.2. The van der Waals surface area contributed by atoms with Crippen molar-refractivity contribution >= 4 is 37.5 Å². The average Bonchev–Trinajstić information content (AvgIpc) is 2.59. The van der Waals surface area contributed by atoms with Crippen molar-refractivity contribution in [2.24, 2.45) is 10.7 Å². The number of carbonyl (C=O) groups is 1. The third-order valence-corrected chi connectivity index (χ3v) is 5.60. The number of rotatable bonds is 5. The summed E-state index contributed by atoms with van der Waals surface area (Å²) >= 11 is 0. The number of nitrogens with zero attached hydrogens (tertiary/aromatic N) is 2. The van der Waals surface area contributed by atoms with E-state index in [4.69, 9.17) is 10.3 Å². The Hall–Kier alpha value is -2.18. The van der Waals surface area contributed by atoms with Crippen LogP contribution in [0.3, 0.4) is 0 Å². The van der Waals surface area contributed by atoms with Gasteiger partial charge in [-0.2, -0.15) is 13.4 Å². The number of guanidine groups is 1. The van der Waals surface area contributed by atoms with Gasteiger partial charge in [0.25, 0.3) is 16.0 Å². The summed E-state index contributed by atoms with van der Waals surface area (Å²) in [5, 5.41) is 2.07. The largest absolute Gasteiger partial charge is 0.370 e. The summed E-state index contributed by atoms with van der Waals surface area (Å²) in [4.78, 5) is 17.7. The van der Waals surface area contributed by atoms with E-state index in [0.29, 0.717) is 5.69 Å². The smallest absolute Gasteiger partial charge is 0.283 e. The molecule has 0 bridgehead atoms. The number of nitrogens with one attached hydrogen (secondary N) is 1. The van der Waals surface area contributed by atoms with Crippen molar-refractivity contribution in [3.8, 4) is 0 Å². The molecule has 1 fully saturated rings. The zero-order valence-electron chi connectivity index (χ0n) is 14.8. The fourth-order valence-electron chi connectivity index (χ4n) is 2.72. The summed E-state index contributed by atoms with van der Waals surface area (Å²) in [6.45, 7) is 1.47. The molecule has 1 aromatic rings. The molecule has 0 unspecified atom stereocenters. The van der Waals surface area contributed by atoms with E-state index < -0.39 is 37.7 Å². The molecule has 0 aliphatic carbocycles. The minimum absolute atomic E-state index is 0.00668. The lowest BCUT2D eigenvalue weighted by atomic mass is 10.1. The van der Waals surface area contributed by atoms with E-state index in [9.17, 15) is 21.6 Å².